The molecule has 1 unspecified atom stereocenters. The summed E-state index contributed by atoms with van der Waals surface area (Å²) >= 11 is 0. The van der Waals surface area contributed by atoms with Gasteiger partial charge in [-0.2, -0.15) is 0 Å². The highest BCUT2D eigenvalue weighted by molar-refractivity contribution is 6.09. The van der Waals surface area contributed by atoms with Crippen LogP contribution in [-0.4, -0.2) is 44.3 Å². The molecule has 2 aromatic carbocycles. The summed E-state index contributed by atoms with van der Waals surface area (Å²) in [5.74, 6) is 1.15. The van der Waals surface area contributed by atoms with Crippen molar-refractivity contribution in [1.29, 1.82) is 0 Å². The van der Waals surface area contributed by atoms with Gasteiger partial charge in [0.05, 0.1) is 0 Å². The van der Waals surface area contributed by atoms with Crippen LogP contribution in [0.2, 0.25) is 0 Å². The average molecular weight is 395 g/mol. The monoisotopic (exact) mass is 395 g/mol. The highest BCUT2D eigenvalue weighted by Gasteiger charge is 2.52. The summed E-state index contributed by atoms with van der Waals surface area (Å²) in [5.41, 5.74) is 1.24. The fourth-order valence-electron chi connectivity index (χ4n) is 4.02. The van der Waals surface area contributed by atoms with Crippen LogP contribution < -0.4 is 19.7 Å². The van der Waals surface area contributed by atoms with Crippen LogP contribution in [0.15, 0.2) is 42.5 Å². The molecule has 0 bridgehead atoms. The zero-order valence-corrected chi connectivity index (χ0v) is 16.9. The number of rotatable bonds is 5. The number of carbonyl (C=O) groups excluding carboxylic acids is 2. The molecule has 4 rings (SSSR count). The molecule has 152 valence electrons. The van der Waals surface area contributed by atoms with E-state index in [2.05, 4.69) is 5.32 Å². The third-order valence-electron chi connectivity index (χ3n) is 5.37. The summed E-state index contributed by atoms with van der Waals surface area (Å²) in [5, 5.41) is 3.03. The van der Waals surface area contributed by atoms with Crippen LogP contribution >= 0.6 is 0 Å². The number of anilines is 1. The van der Waals surface area contributed by atoms with E-state index in [1.807, 2.05) is 49.4 Å². The van der Waals surface area contributed by atoms with E-state index >= 15 is 0 Å². The highest BCUT2D eigenvalue weighted by atomic mass is 16.7. The zero-order chi connectivity index (χ0) is 20.6. The summed E-state index contributed by atoms with van der Waals surface area (Å²) in [6, 6.07) is 13.0. The minimum Gasteiger partial charge on any atom is -0.454 e. The lowest BCUT2D eigenvalue weighted by atomic mass is 9.84. The average Bonchev–Trinajstić information content (AvgIpc) is 3.27. The second-order valence-corrected chi connectivity index (χ2v) is 7.53. The second-order valence-electron chi connectivity index (χ2n) is 7.53. The number of nitrogens with zero attached hydrogens (tertiary/aromatic N) is 2. The van der Waals surface area contributed by atoms with E-state index in [1.165, 1.54) is 4.90 Å². The standard InChI is InChI=1S/C22H25N3O4/c1-4-12-25-17-10-6-5-9-16(17)22(20(25)26,23-21(27)24(2)3)13-15-8-7-11-18-19(15)29-14-28-18/h5-11H,4,12-14H2,1-3H3,(H,23,27). The van der Waals surface area contributed by atoms with Crippen molar-refractivity contribution < 1.29 is 19.1 Å². The van der Waals surface area contributed by atoms with Gasteiger partial charge in [-0.25, -0.2) is 4.79 Å². The van der Waals surface area contributed by atoms with Crippen LogP contribution in [0.25, 0.3) is 0 Å². The molecule has 3 amide bonds. The van der Waals surface area contributed by atoms with Crippen LogP contribution in [0, 0.1) is 0 Å². The maximum Gasteiger partial charge on any atom is 0.318 e. The third-order valence-corrected chi connectivity index (χ3v) is 5.37. The lowest BCUT2D eigenvalue weighted by molar-refractivity contribution is -0.124. The second kappa shape index (κ2) is 7.31. The first-order valence-corrected chi connectivity index (χ1v) is 9.76. The molecule has 29 heavy (non-hydrogen) atoms. The maximum atomic E-state index is 13.8. The SMILES string of the molecule is CCCN1C(=O)C(Cc2cccc3c2OCO3)(NC(=O)N(C)C)c2ccccc21. The van der Waals surface area contributed by atoms with Crippen LogP contribution in [0.5, 0.6) is 11.5 Å². The molecule has 2 aliphatic heterocycles. The zero-order valence-electron chi connectivity index (χ0n) is 16.9. The highest BCUT2D eigenvalue weighted by Crippen LogP contribution is 2.45. The fraction of sp³-hybridized carbons (Fsp3) is 0.364. The van der Waals surface area contributed by atoms with E-state index in [4.69, 9.17) is 9.47 Å². The molecule has 7 nitrogen and oxygen atoms in total. The molecule has 1 N–H and O–H groups in total. The number of urea groups is 1. The van der Waals surface area contributed by atoms with E-state index in [0.717, 1.165) is 23.2 Å². The summed E-state index contributed by atoms with van der Waals surface area (Å²) in [4.78, 5) is 29.7. The number of nitrogens with one attached hydrogen (secondary N) is 1. The molecular weight excluding hydrogens is 370 g/mol. The Morgan fingerprint density at radius 2 is 1.97 bits per heavy atom. The van der Waals surface area contributed by atoms with Gasteiger partial charge in [0.25, 0.3) is 5.91 Å². The van der Waals surface area contributed by atoms with Crippen molar-refractivity contribution in [2.75, 3.05) is 32.3 Å². The van der Waals surface area contributed by atoms with Crippen molar-refractivity contribution in [3.8, 4) is 11.5 Å². The molecule has 0 aliphatic carbocycles. The Bertz CT molecular complexity index is 959. The first-order chi connectivity index (χ1) is 14.0. The maximum absolute atomic E-state index is 13.8. The first-order valence-electron chi connectivity index (χ1n) is 9.76. The largest absolute Gasteiger partial charge is 0.454 e. The Hall–Kier alpha value is -3.22. The number of fused-ring (bicyclic) bond motifs is 2. The van der Waals surface area contributed by atoms with Crippen LogP contribution in [-0.2, 0) is 16.8 Å². The van der Waals surface area contributed by atoms with Crippen molar-refractivity contribution in [2.45, 2.75) is 25.3 Å². The molecule has 0 saturated heterocycles. The molecule has 1 atom stereocenters. The topological polar surface area (TPSA) is 71.1 Å². The van der Waals surface area contributed by atoms with Gasteiger partial charge in [0.2, 0.25) is 6.79 Å². The van der Waals surface area contributed by atoms with Crippen molar-refractivity contribution in [3.05, 3.63) is 53.6 Å². The van der Waals surface area contributed by atoms with Crippen LogP contribution in [0.1, 0.15) is 24.5 Å². The van der Waals surface area contributed by atoms with Crippen molar-refractivity contribution in [2.24, 2.45) is 0 Å². The third kappa shape index (κ3) is 3.06. The number of para-hydroxylation sites is 2. The number of amides is 3. The first kappa shape index (κ1) is 19.1. The lowest BCUT2D eigenvalue weighted by Gasteiger charge is -2.31. The minimum absolute atomic E-state index is 0.132. The molecule has 0 aromatic heterocycles. The molecule has 2 heterocycles. The fourth-order valence-corrected chi connectivity index (χ4v) is 4.02. The summed E-state index contributed by atoms with van der Waals surface area (Å²) in [6.07, 6.45) is 1.09. The van der Waals surface area contributed by atoms with Gasteiger partial charge in [0.1, 0.15) is 0 Å². The Balaban J connectivity index is 1.85. The van der Waals surface area contributed by atoms with Crippen molar-refractivity contribution >= 4 is 17.6 Å². The Morgan fingerprint density at radius 1 is 1.17 bits per heavy atom. The molecule has 0 spiro atoms. The van der Waals surface area contributed by atoms with E-state index in [0.29, 0.717) is 18.0 Å². The number of hydrogen-bond acceptors (Lipinski definition) is 4. The smallest absolute Gasteiger partial charge is 0.318 e. The lowest BCUT2D eigenvalue weighted by Crippen LogP contribution is -2.56. The van der Waals surface area contributed by atoms with Gasteiger partial charge in [-0.1, -0.05) is 37.3 Å². The van der Waals surface area contributed by atoms with E-state index in [-0.39, 0.29) is 25.2 Å². The van der Waals surface area contributed by atoms with Crippen LogP contribution in [0.3, 0.4) is 0 Å². The summed E-state index contributed by atoms with van der Waals surface area (Å²) < 4.78 is 11.2. The quantitative estimate of drug-likeness (QED) is 0.845. The predicted molar refractivity (Wildman–Crippen MR) is 109 cm³/mol. The summed E-state index contributed by atoms with van der Waals surface area (Å²) in [7, 11) is 3.32. The van der Waals surface area contributed by atoms with E-state index in [9.17, 15) is 9.59 Å². The molecule has 0 fully saturated rings. The molecule has 2 aromatic rings. The number of benzene rings is 2. The molecule has 2 aliphatic rings. The molecule has 7 heteroatoms. The van der Waals surface area contributed by atoms with Gasteiger partial charge >= 0.3 is 6.03 Å². The van der Waals surface area contributed by atoms with E-state index in [1.54, 1.807) is 19.0 Å². The van der Waals surface area contributed by atoms with Gasteiger partial charge in [-0.05, 0) is 18.6 Å². The van der Waals surface area contributed by atoms with Gasteiger partial charge in [0.15, 0.2) is 17.0 Å². The number of ether oxygens (including phenoxy) is 2. The van der Waals surface area contributed by atoms with Gasteiger partial charge in [0, 0.05) is 43.9 Å². The normalized spacial score (nSPS) is 19.3. The van der Waals surface area contributed by atoms with Crippen molar-refractivity contribution in [3.63, 3.8) is 0 Å². The van der Waals surface area contributed by atoms with Gasteiger partial charge < -0.3 is 24.6 Å². The van der Waals surface area contributed by atoms with Crippen molar-refractivity contribution in [1.82, 2.24) is 10.2 Å². The molecular formula is C22H25N3O4. The predicted octanol–water partition coefficient (Wildman–Crippen LogP) is 2.88. The number of hydrogen-bond donors (Lipinski definition) is 1. The summed E-state index contributed by atoms with van der Waals surface area (Å²) in [6.45, 7) is 2.77. The molecule has 0 radical (unpaired) electrons. The Kier molecular flexibility index (Phi) is 4.82. The minimum atomic E-state index is -1.21. The van der Waals surface area contributed by atoms with Crippen LogP contribution in [0.4, 0.5) is 10.5 Å². The van der Waals surface area contributed by atoms with Gasteiger partial charge in [-0.15, -0.1) is 0 Å². The Labute approximate surface area is 170 Å². The Morgan fingerprint density at radius 3 is 2.72 bits per heavy atom. The number of carbonyl (C=O) groups is 2. The van der Waals surface area contributed by atoms with Gasteiger partial charge in [-0.3, -0.25) is 4.79 Å². The molecule has 0 saturated carbocycles. The van der Waals surface area contributed by atoms with E-state index < -0.39 is 5.54 Å².